The quantitative estimate of drug-likeness (QED) is 0.692. The van der Waals surface area contributed by atoms with E-state index in [-0.39, 0.29) is 12.1 Å². The van der Waals surface area contributed by atoms with Crippen LogP contribution in [0.25, 0.3) is 11.0 Å². The number of carbonyl (C=O) groups is 1. The maximum Gasteiger partial charge on any atom is 0.315 e. The van der Waals surface area contributed by atoms with E-state index < -0.39 is 0 Å². The molecule has 0 saturated carbocycles. The van der Waals surface area contributed by atoms with Gasteiger partial charge in [-0.1, -0.05) is 12.1 Å². The van der Waals surface area contributed by atoms with Crippen LogP contribution in [-0.2, 0) is 0 Å². The molecule has 16 heavy (non-hydrogen) atoms. The predicted molar refractivity (Wildman–Crippen MR) is 60.9 cm³/mol. The zero-order valence-electron chi connectivity index (χ0n) is 9.29. The van der Waals surface area contributed by atoms with Crippen molar-refractivity contribution in [2.24, 2.45) is 0 Å². The Balaban J connectivity index is 2.23. The largest absolute Gasteiger partial charge is 0.341 e. The highest BCUT2D eigenvalue weighted by Gasteiger charge is 2.17. The van der Waals surface area contributed by atoms with Crippen LogP contribution in [0.15, 0.2) is 24.3 Å². The summed E-state index contributed by atoms with van der Waals surface area (Å²) in [5.74, 6) is 0.879. The van der Waals surface area contributed by atoms with Crippen LogP contribution in [0.2, 0.25) is 0 Å². The van der Waals surface area contributed by atoms with Gasteiger partial charge in [0.2, 0.25) is 0 Å². The summed E-state index contributed by atoms with van der Waals surface area (Å²) in [4.78, 5) is 17.6. The van der Waals surface area contributed by atoms with Gasteiger partial charge in [0.25, 0.3) is 5.82 Å². The first-order chi connectivity index (χ1) is 7.70. The number of H-pyrrole nitrogens is 2. The molecule has 5 heteroatoms. The Bertz CT molecular complexity index is 472. The standard InChI is InChI=1S/C11H14N4O/c1-7(13-11(16)12-2)10-14-8-5-3-4-6-9(8)15-10/h3-7H,1-2H3,(H,14,15)(H2,12,13,16)/p+1. The Morgan fingerprint density at radius 1 is 1.44 bits per heavy atom. The van der Waals surface area contributed by atoms with E-state index in [4.69, 9.17) is 0 Å². The number of urea groups is 1. The summed E-state index contributed by atoms with van der Waals surface area (Å²) in [7, 11) is 1.59. The second-order valence-electron chi connectivity index (χ2n) is 3.65. The summed E-state index contributed by atoms with van der Waals surface area (Å²) >= 11 is 0. The van der Waals surface area contributed by atoms with Crippen molar-refractivity contribution < 1.29 is 9.78 Å². The van der Waals surface area contributed by atoms with Gasteiger partial charge in [0, 0.05) is 7.05 Å². The maximum atomic E-state index is 11.2. The normalized spacial score (nSPS) is 12.4. The molecule has 1 unspecified atom stereocenters. The Morgan fingerprint density at radius 2 is 2.19 bits per heavy atom. The number of hydrogen-bond acceptors (Lipinski definition) is 1. The van der Waals surface area contributed by atoms with Crippen molar-refractivity contribution in [1.82, 2.24) is 15.6 Å². The molecule has 0 bridgehead atoms. The van der Waals surface area contributed by atoms with Gasteiger partial charge in [-0.15, -0.1) is 0 Å². The van der Waals surface area contributed by atoms with Gasteiger partial charge in [-0.25, -0.2) is 14.8 Å². The molecule has 1 atom stereocenters. The second-order valence-corrected chi connectivity index (χ2v) is 3.65. The number of rotatable bonds is 2. The fourth-order valence-electron chi connectivity index (χ4n) is 1.58. The van der Waals surface area contributed by atoms with Crippen molar-refractivity contribution in [3.63, 3.8) is 0 Å². The van der Waals surface area contributed by atoms with Crippen molar-refractivity contribution in [1.29, 1.82) is 0 Å². The number of para-hydroxylation sites is 2. The minimum absolute atomic E-state index is 0.0904. The van der Waals surface area contributed by atoms with Gasteiger partial charge in [-0.3, -0.25) is 0 Å². The average Bonchev–Trinajstić information content (AvgIpc) is 2.72. The molecule has 2 rings (SSSR count). The molecule has 2 amide bonds. The van der Waals surface area contributed by atoms with E-state index in [1.165, 1.54) is 0 Å². The van der Waals surface area contributed by atoms with Crippen LogP contribution >= 0.6 is 0 Å². The Hall–Kier alpha value is -2.04. The van der Waals surface area contributed by atoms with Gasteiger partial charge in [0.15, 0.2) is 11.0 Å². The fourth-order valence-corrected chi connectivity index (χ4v) is 1.58. The fraction of sp³-hybridized carbons (Fsp3) is 0.273. The number of fused-ring (bicyclic) bond motifs is 1. The molecular formula is C11H15N4O+. The summed E-state index contributed by atoms with van der Waals surface area (Å²) in [5.41, 5.74) is 2.06. The number of benzene rings is 1. The SMILES string of the molecule is CNC(=O)NC(C)c1[nH]c2ccccc2[nH+]1. The molecule has 1 heterocycles. The summed E-state index contributed by atoms with van der Waals surface area (Å²) in [6.45, 7) is 1.91. The molecule has 0 fully saturated rings. The van der Waals surface area contributed by atoms with Crippen LogP contribution < -0.4 is 15.6 Å². The molecule has 84 valence electrons. The van der Waals surface area contributed by atoms with E-state index in [0.717, 1.165) is 16.9 Å². The number of imidazole rings is 1. The molecule has 1 aromatic heterocycles. The third kappa shape index (κ3) is 1.98. The lowest BCUT2D eigenvalue weighted by atomic mass is 10.3. The molecule has 1 aromatic carbocycles. The molecule has 0 aliphatic carbocycles. The molecule has 0 radical (unpaired) electrons. The zero-order valence-corrected chi connectivity index (χ0v) is 9.29. The minimum atomic E-state index is -0.195. The average molecular weight is 219 g/mol. The lowest BCUT2D eigenvalue weighted by Gasteiger charge is -2.06. The van der Waals surface area contributed by atoms with Crippen LogP contribution in [-0.4, -0.2) is 18.1 Å². The summed E-state index contributed by atoms with van der Waals surface area (Å²) in [5, 5.41) is 5.32. The lowest BCUT2D eigenvalue weighted by molar-refractivity contribution is -0.361. The summed E-state index contributed by atoms with van der Waals surface area (Å²) < 4.78 is 0. The van der Waals surface area contributed by atoms with Gasteiger partial charge >= 0.3 is 6.03 Å². The molecule has 0 saturated heterocycles. The van der Waals surface area contributed by atoms with E-state index in [2.05, 4.69) is 20.6 Å². The third-order valence-corrected chi connectivity index (χ3v) is 2.47. The highest BCUT2D eigenvalue weighted by Crippen LogP contribution is 2.10. The van der Waals surface area contributed by atoms with Crippen LogP contribution in [0.5, 0.6) is 0 Å². The maximum absolute atomic E-state index is 11.2. The van der Waals surface area contributed by atoms with Gasteiger partial charge in [-0.2, -0.15) is 0 Å². The van der Waals surface area contributed by atoms with E-state index in [1.807, 2.05) is 31.2 Å². The van der Waals surface area contributed by atoms with Crippen molar-refractivity contribution in [2.75, 3.05) is 7.05 Å². The van der Waals surface area contributed by atoms with Crippen molar-refractivity contribution in [2.45, 2.75) is 13.0 Å². The summed E-state index contributed by atoms with van der Waals surface area (Å²) in [6, 6.07) is 7.62. The van der Waals surface area contributed by atoms with E-state index in [0.29, 0.717) is 0 Å². The molecular weight excluding hydrogens is 204 g/mol. The van der Waals surface area contributed by atoms with E-state index >= 15 is 0 Å². The van der Waals surface area contributed by atoms with E-state index in [1.54, 1.807) is 7.05 Å². The van der Waals surface area contributed by atoms with Gasteiger partial charge in [0.1, 0.15) is 6.04 Å². The van der Waals surface area contributed by atoms with Crippen LogP contribution in [0.4, 0.5) is 4.79 Å². The highest BCUT2D eigenvalue weighted by atomic mass is 16.2. The molecule has 4 N–H and O–H groups in total. The van der Waals surface area contributed by atoms with Crippen molar-refractivity contribution in [3.05, 3.63) is 30.1 Å². The van der Waals surface area contributed by atoms with Gasteiger partial charge in [0.05, 0.1) is 0 Å². The monoisotopic (exact) mass is 219 g/mol. The first-order valence-corrected chi connectivity index (χ1v) is 5.19. The van der Waals surface area contributed by atoms with E-state index in [9.17, 15) is 4.79 Å². The number of amides is 2. The van der Waals surface area contributed by atoms with Crippen LogP contribution in [0.1, 0.15) is 18.8 Å². The third-order valence-electron chi connectivity index (χ3n) is 2.47. The number of aromatic amines is 2. The highest BCUT2D eigenvalue weighted by molar-refractivity contribution is 5.74. The number of nitrogens with one attached hydrogen (secondary N) is 4. The van der Waals surface area contributed by atoms with Crippen LogP contribution in [0, 0.1) is 0 Å². The van der Waals surface area contributed by atoms with Crippen molar-refractivity contribution in [3.8, 4) is 0 Å². The Labute approximate surface area is 93.3 Å². The number of carbonyl (C=O) groups excluding carboxylic acids is 1. The summed E-state index contributed by atoms with van der Waals surface area (Å²) in [6.07, 6.45) is 0. The Kier molecular flexibility index (Phi) is 2.76. The smallest absolute Gasteiger partial charge is 0.315 e. The van der Waals surface area contributed by atoms with Crippen LogP contribution in [0.3, 0.4) is 0 Å². The topological polar surface area (TPSA) is 71.1 Å². The minimum Gasteiger partial charge on any atom is -0.341 e. The molecule has 5 nitrogen and oxygen atoms in total. The second kappa shape index (κ2) is 4.22. The molecule has 0 aliphatic rings. The molecule has 2 aromatic rings. The Morgan fingerprint density at radius 3 is 2.88 bits per heavy atom. The first kappa shape index (κ1) is 10.5. The molecule has 0 spiro atoms. The van der Waals surface area contributed by atoms with Gasteiger partial charge < -0.3 is 10.6 Å². The lowest BCUT2D eigenvalue weighted by Crippen LogP contribution is -2.36. The van der Waals surface area contributed by atoms with Gasteiger partial charge in [-0.05, 0) is 19.1 Å². The predicted octanol–water partition coefficient (Wildman–Crippen LogP) is 0.972. The van der Waals surface area contributed by atoms with Crippen molar-refractivity contribution >= 4 is 17.1 Å². The first-order valence-electron chi connectivity index (χ1n) is 5.19. The molecule has 0 aliphatic heterocycles. The zero-order chi connectivity index (χ0) is 11.5. The number of hydrogen-bond donors (Lipinski definition) is 3. The number of aromatic nitrogens is 2.